The minimum atomic E-state index is -0.445. The van der Waals surface area contributed by atoms with Crippen LogP contribution in [0.3, 0.4) is 0 Å². The molecular weight excluding hydrogens is 306 g/mol. The van der Waals surface area contributed by atoms with Gasteiger partial charge < -0.3 is 19.9 Å². The molecule has 2 heterocycles. The molecule has 6 nitrogen and oxygen atoms in total. The third-order valence-electron chi connectivity index (χ3n) is 4.59. The lowest BCUT2D eigenvalue weighted by Gasteiger charge is -2.35. The minimum Gasteiger partial charge on any atom is -0.444 e. The van der Waals surface area contributed by atoms with E-state index in [9.17, 15) is 9.59 Å². The summed E-state index contributed by atoms with van der Waals surface area (Å²) in [6.07, 6.45) is 3.62. The summed E-state index contributed by atoms with van der Waals surface area (Å²) in [5, 5.41) is 3.53. The zero-order valence-corrected chi connectivity index (χ0v) is 15.6. The molecule has 2 atom stereocenters. The largest absolute Gasteiger partial charge is 0.444 e. The minimum absolute atomic E-state index is 0.206. The fraction of sp³-hybridized carbons (Fsp3) is 0.889. The molecule has 1 N–H and O–H groups in total. The number of nitrogens with zero attached hydrogens (tertiary/aromatic N) is 2. The van der Waals surface area contributed by atoms with Gasteiger partial charge in [0.05, 0.1) is 0 Å². The van der Waals surface area contributed by atoms with Crippen LogP contribution < -0.4 is 5.32 Å². The van der Waals surface area contributed by atoms with Crippen LogP contribution in [0.1, 0.15) is 53.4 Å². The van der Waals surface area contributed by atoms with Gasteiger partial charge in [-0.15, -0.1) is 0 Å². The number of hydrogen-bond donors (Lipinski definition) is 1. The van der Waals surface area contributed by atoms with E-state index in [1.807, 2.05) is 30.6 Å². The average molecular weight is 339 g/mol. The number of carbonyl (C=O) groups excluding carboxylic acids is 2. The maximum Gasteiger partial charge on any atom is 0.410 e. The lowest BCUT2D eigenvalue weighted by Crippen LogP contribution is -2.47. The second-order valence-corrected chi connectivity index (χ2v) is 8.19. The molecule has 0 unspecified atom stereocenters. The Morgan fingerprint density at radius 1 is 1.33 bits per heavy atom. The van der Waals surface area contributed by atoms with Crippen LogP contribution in [0.2, 0.25) is 0 Å². The van der Waals surface area contributed by atoms with Gasteiger partial charge in [-0.25, -0.2) is 4.79 Å². The molecule has 2 amide bonds. The van der Waals surface area contributed by atoms with E-state index >= 15 is 0 Å². The molecule has 0 saturated carbocycles. The van der Waals surface area contributed by atoms with Gasteiger partial charge in [0.25, 0.3) is 0 Å². The SMILES string of the molecule is C[C@H](CN1CCCC1=O)NC[C@H]1CCCN(C(=O)OC(C)(C)C)C1. The van der Waals surface area contributed by atoms with Gasteiger partial charge in [0.15, 0.2) is 0 Å². The van der Waals surface area contributed by atoms with Crippen LogP contribution in [0.25, 0.3) is 0 Å². The summed E-state index contributed by atoms with van der Waals surface area (Å²) >= 11 is 0. The molecule has 2 fully saturated rings. The van der Waals surface area contributed by atoms with E-state index in [4.69, 9.17) is 4.74 Å². The Morgan fingerprint density at radius 2 is 2.08 bits per heavy atom. The molecule has 24 heavy (non-hydrogen) atoms. The highest BCUT2D eigenvalue weighted by molar-refractivity contribution is 5.78. The predicted octanol–water partition coefficient (Wildman–Crippen LogP) is 2.23. The highest BCUT2D eigenvalue weighted by atomic mass is 16.6. The van der Waals surface area contributed by atoms with Crippen molar-refractivity contribution in [1.82, 2.24) is 15.1 Å². The van der Waals surface area contributed by atoms with E-state index in [-0.39, 0.29) is 18.0 Å². The molecule has 0 radical (unpaired) electrons. The smallest absolute Gasteiger partial charge is 0.410 e. The zero-order valence-electron chi connectivity index (χ0n) is 15.6. The second-order valence-electron chi connectivity index (χ2n) is 8.19. The number of likely N-dealkylation sites (tertiary alicyclic amines) is 2. The molecule has 138 valence electrons. The van der Waals surface area contributed by atoms with E-state index in [0.29, 0.717) is 12.3 Å². The van der Waals surface area contributed by atoms with Gasteiger partial charge in [-0.05, 0) is 59.4 Å². The number of hydrogen-bond acceptors (Lipinski definition) is 4. The summed E-state index contributed by atoms with van der Waals surface area (Å²) in [6, 6.07) is 0.281. The first-order chi connectivity index (χ1) is 11.2. The van der Waals surface area contributed by atoms with Crippen molar-refractivity contribution in [3.63, 3.8) is 0 Å². The van der Waals surface area contributed by atoms with Crippen molar-refractivity contribution < 1.29 is 14.3 Å². The summed E-state index contributed by atoms with van der Waals surface area (Å²) < 4.78 is 5.47. The molecule has 0 aromatic heterocycles. The first kappa shape index (κ1) is 19.0. The number of piperidine rings is 1. The van der Waals surface area contributed by atoms with Crippen LogP contribution in [-0.4, -0.2) is 66.2 Å². The standard InChI is InChI=1S/C18H33N3O3/c1-14(12-20-9-6-8-16(20)22)19-11-15-7-5-10-21(13-15)17(23)24-18(2,3)4/h14-15,19H,5-13H2,1-4H3/t14-,15-/m1/s1. The number of ether oxygens (including phenoxy) is 1. The molecule has 0 aliphatic carbocycles. The third-order valence-corrected chi connectivity index (χ3v) is 4.59. The monoisotopic (exact) mass is 339 g/mol. The van der Waals surface area contributed by atoms with Gasteiger partial charge in [0.2, 0.25) is 5.91 Å². The van der Waals surface area contributed by atoms with E-state index < -0.39 is 5.60 Å². The van der Waals surface area contributed by atoms with Crippen molar-refractivity contribution in [1.29, 1.82) is 0 Å². The molecule has 2 aliphatic heterocycles. The van der Waals surface area contributed by atoms with Crippen LogP contribution >= 0.6 is 0 Å². The number of rotatable bonds is 5. The van der Waals surface area contributed by atoms with Gasteiger partial charge in [0, 0.05) is 38.6 Å². The normalized spacial score (nSPS) is 23.5. The van der Waals surface area contributed by atoms with Crippen LogP contribution in [0, 0.1) is 5.92 Å². The van der Waals surface area contributed by atoms with Crippen LogP contribution in [0.4, 0.5) is 4.79 Å². The Bertz CT molecular complexity index is 447. The Hall–Kier alpha value is -1.30. The van der Waals surface area contributed by atoms with Crippen LogP contribution in [0.15, 0.2) is 0 Å². The maximum atomic E-state index is 12.2. The number of amides is 2. The summed E-state index contributed by atoms with van der Waals surface area (Å²) in [4.78, 5) is 27.7. The Morgan fingerprint density at radius 3 is 2.71 bits per heavy atom. The molecule has 2 rings (SSSR count). The summed E-state index contributed by atoms with van der Waals surface area (Å²) in [6.45, 7) is 11.9. The maximum absolute atomic E-state index is 12.2. The first-order valence-corrected chi connectivity index (χ1v) is 9.23. The van der Waals surface area contributed by atoms with Gasteiger partial charge in [-0.2, -0.15) is 0 Å². The zero-order chi connectivity index (χ0) is 17.7. The quantitative estimate of drug-likeness (QED) is 0.834. The highest BCUT2D eigenvalue weighted by Crippen LogP contribution is 2.19. The summed E-state index contributed by atoms with van der Waals surface area (Å²) in [5.41, 5.74) is -0.445. The number of carbonyl (C=O) groups is 2. The molecule has 6 heteroatoms. The average Bonchev–Trinajstić information content (AvgIpc) is 2.89. The third kappa shape index (κ3) is 5.96. The Balaban J connectivity index is 1.72. The summed E-state index contributed by atoms with van der Waals surface area (Å²) in [7, 11) is 0. The second kappa shape index (κ2) is 8.19. The van der Waals surface area contributed by atoms with Crippen molar-refractivity contribution in [2.75, 3.05) is 32.7 Å². The molecule has 0 aromatic carbocycles. The van der Waals surface area contributed by atoms with Gasteiger partial charge >= 0.3 is 6.09 Å². The fourth-order valence-electron chi connectivity index (χ4n) is 3.38. The topological polar surface area (TPSA) is 61.9 Å². The summed E-state index contributed by atoms with van der Waals surface area (Å²) in [5.74, 6) is 0.723. The highest BCUT2D eigenvalue weighted by Gasteiger charge is 2.28. The van der Waals surface area contributed by atoms with E-state index in [2.05, 4.69) is 12.2 Å². The lowest BCUT2D eigenvalue weighted by atomic mass is 9.98. The molecule has 0 spiro atoms. The Kier molecular flexibility index (Phi) is 6.49. The van der Waals surface area contributed by atoms with Crippen molar-refractivity contribution in [2.24, 2.45) is 5.92 Å². The lowest BCUT2D eigenvalue weighted by molar-refractivity contribution is -0.127. The molecule has 0 bridgehead atoms. The molecule has 0 aromatic rings. The van der Waals surface area contributed by atoms with Crippen molar-refractivity contribution in [3.05, 3.63) is 0 Å². The number of nitrogens with one attached hydrogen (secondary N) is 1. The fourth-order valence-corrected chi connectivity index (χ4v) is 3.38. The van der Waals surface area contributed by atoms with Gasteiger partial charge in [-0.1, -0.05) is 0 Å². The molecule has 2 saturated heterocycles. The predicted molar refractivity (Wildman–Crippen MR) is 93.8 cm³/mol. The van der Waals surface area contributed by atoms with E-state index in [0.717, 1.165) is 52.0 Å². The van der Waals surface area contributed by atoms with Gasteiger partial charge in [-0.3, -0.25) is 4.79 Å². The van der Waals surface area contributed by atoms with Crippen LogP contribution in [-0.2, 0) is 9.53 Å². The molecular formula is C18H33N3O3. The first-order valence-electron chi connectivity index (χ1n) is 9.23. The van der Waals surface area contributed by atoms with E-state index in [1.165, 1.54) is 0 Å². The van der Waals surface area contributed by atoms with E-state index in [1.54, 1.807) is 0 Å². The Labute approximate surface area is 145 Å². The van der Waals surface area contributed by atoms with Crippen molar-refractivity contribution in [3.8, 4) is 0 Å². The molecule has 2 aliphatic rings. The van der Waals surface area contributed by atoms with Crippen molar-refractivity contribution >= 4 is 12.0 Å². The van der Waals surface area contributed by atoms with Crippen molar-refractivity contribution in [2.45, 2.75) is 65.0 Å². The van der Waals surface area contributed by atoms with Crippen LogP contribution in [0.5, 0.6) is 0 Å². The van der Waals surface area contributed by atoms with Gasteiger partial charge in [0.1, 0.15) is 5.60 Å².